The number of ether oxygens (including phenoxy) is 1. The Balaban J connectivity index is 1.59. The van der Waals surface area contributed by atoms with Crippen molar-refractivity contribution in [3.05, 3.63) is 11.6 Å². The molecule has 2 heterocycles. The molecule has 1 amide bonds. The molecule has 1 aromatic heterocycles. The Morgan fingerprint density at radius 1 is 1.29 bits per heavy atom. The molecular formula is C18H27N3O5S2. The average Bonchev–Trinajstić information content (AvgIpc) is 3.18. The van der Waals surface area contributed by atoms with Gasteiger partial charge in [0.05, 0.1) is 18.1 Å². The molecule has 0 N–H and O–H groups in total. The summed E-state index contributed by atoms with van der Waals surface area (Å²) in [6.07, 6.45) is 5.93. The summed E-state index contributed by atoms with van der Waals surface area (Å²) in [6, 6.07) is 0.0841. The fourth-order valence-electron chi connectivity index (χ4n) is 3.68. The van der Waals surface area contributed by atoms with E-state index in [0.717, 1.165) is 25.7 Å². The van der Waals surface area contributed by atoms with Gasteiger partial charge in [-0.25, -0.2) is 13.4 Å². The van der Waals surface area contributed by atoms with Crippen molar-refractivity contribution in [1.82, 2.24) is 9.88 Å². The van der Waals surface area contributed by atoms with Crippen LogP contribution in [0.15, 0.2) is 11.6 Å². The number of sulfone groups is 1. The maximum atomic E-state index is 13.1. The predicted octanol–water partition coefficient (Wildman–Crippen LogP) is 1.47. The quantitative estimate of drug-likeness (QED) is 0.632. The minimum absolute atomic E-state index is 0.00613. The van der Waals surface area contributed by atoms with Gasteiger partial charge in [0, 0.05) is 30.7 Å². The molecule has 2 fully saturated rings. The van der Waals surface area contributed by atoms with Crippen molar-refractivity contribution in [3.8, 4) is 0 Å². The van der Waals surface area contributed by atoms with Crippen molar-refractivity contribution in [2.45, 2.75) is 51.2 Å². The number of carbonyl (C=O) groups excluding carboxylic acids is 2. The summed E-state index contributed by atoms with van der Waals surface area (Å²) in [4.78, 5) is 33.1. The average molecular weight is 430 g/mol. The van der Waals surface area contributed by atoms with Gasteiger partial charge < -0.3 is 4.74 Å². The molecule has 1 atom stereocenters. The molecule has 8 nitrogen and oxygen atoms in total. The third-order valence-corrected chi connectivity index (χ3v) is 7.63. The van der Waals surface area contributed by atoms with Crippen molar-refractivity contribution in [1.29, 1.82) is 0 Å². The molecule has 0 bridgehead atoms. The van der Waals surface area contributed by atoms with Crippen LogP contribution in [0, 0.1) is 0 Å². The first-order chi connectivity index (χ1) is 13.4. The molecule has 1 aromatic rings. The van der Waals surface area contributed by atoms with Gasteiger partial charge in [-0.05, 0) is 19.8 Å². The van der Waals surface area contributed by atoms with E-state index in [2.05, 4.69) is 4.98 Å². The van der Waals surface area contributed by atoms with Gasteiger partial charge in [-0.1, -0.05) is 19.3 Å². The molecule has 1 saturated heterocycles. The van der Waals surface area contributed by atoms with Crippen LogP contribution in [0.4, 0.5) is 5.13 Å². The monoisotopic (exact) mass is 429 g/mol. The Morgan fingerprint density at radius 2 is 1.96 bits per heavy atom. The van der Waals surface area contributed by atoms with Crippen LogP contribution in [0.3, 0.4) is 0 Å². The molecule has 0 aromatic carbocycles. The number of hydrogen-bond donors (Lipinski definition) is 0. The lowest BCUT2D eigenvalue weighted by Crippen LogP contribution is -2.48. The lowest BCUT2D eigenvalue weighted by molar-refractivity contribution is -0.155. The summed E-state index contributed by atoms with van der Waals surface area (Å²) in [6.45, 7) is 2.21. The Kier molecular flexibility index (Phi) is 7.05. The van der Waals surface area contributed by atoms with E-state index in [1.165, 1.54) is 17.8 Å². The second kappa shape index (κ2) is 9.32. The molecule has 0 radical (unpaired) electrons. The van der Waals surface area contributed by atoms with E-state index in [1.807, 2.05) is 5.38 Å². The highest BCUT2D eigenvalue weighted by molar-refractivity contribution is 7.91. The van der Waals surface area contributed by atoms with E-state index in [1.54, 1.807) is 22.9 Å². The van der Waals surface area contributed by atoms with Crippen molar-refractivity contribution >= 4 is 38.2 Å². The van der Waals surface area contributed by atoms with Gasteiger partial charge in [-0.2, -0.15) is 0 Å². The SMILES string of the molecule is CC(OC(=O)CN1CCS(=O)(=O)CC1)C(=O)N(c1nccs1)C1CCCCC1. The highest BCUT2D eigenvalue weighted by atomic mass is 32.2. The maximum absolute atomic E-state index is 13.1. The molecule has 2 aliphatic rings. The molecule has 1 aliphatic heterocycles. The van der Waals surface area contributed by atoms with Crippen LogP contribution in [0.1, 0.15) is 39.0 Å². The largest absolute Gasteiger partial charge is 0.452 e. The lowest BCUT2D eigenvalue weighted by Gasteiger charge is -2.34. The Labute approximate surface area is 169 Å². The van der Waals surface area contributed by atoms with Gasteiger partial charge in [0.2, 0.25) is 0 Å². The molecule has 1 unspecified atom stereocenters. The topological polar surface area (TPSA) is 96.9 Å². The van der Waals surface area contributed by atoms with Crippen molar-refractivity contribution in [3.63, 3.8) is 0 Å². The highest BCUT2D eigenvalue weighted by Crippen LogP contribution is 2.29. The van der Waals surface area contributed by atoms with Gasteiger partial charge in [-0.15, -0.1) is 11.3 Å². The normalized spacial score (nSPS) is 21.8. The van der Waals surface area contributed by atoms with Crippen molar-refractivity contribution in [2.24, 2.45) is 0 Å². The Hall–Kier alpha value is -1.52. The fraction of sp³-hybridized carbons (Fsp3) is 0.722. The van der Waals surface area contributed by atoms with Gasteiger partial charge >= 0.3 is 5.97 Å². The number of hydrogen-bond acceptors (Lipinski definition) is 8. The third-order valence-electron chi connectivity index (χ3n) is 5.25. The second-order valence-electron chi connectivity index (χ2n) is 7.37. The van der Waals surface area contributed by atoms with E-state index in [-0.39, 0.29) is 30.0 Å². The van der Waals surface area contributed by atoms with E-state index in [0.29, 0.717) is 18.2 Å². The lowest BCUT2D eigenvalue weighted by atomic mass is 9.94. The summed E-state index contributed by atoms with van der Waals surface area (Å²) >= 11 is 1.41. The zero-order valence-electron chi connectivity index (χ0n) is 16.1. The summed E-state index contributed by atoms with van der Waals surface area (Å²) in [7, 11) is -3.00. The number of thiazole rings is 1. The van der Waals surface area contributed by atoms with E-state index in [4.69, 9.17) is 4.74 Å². The van der Waals surface area contributed by atoms with Crippen LogP contribution in [0.25, 0.3) is 0 Å². The van der Waals surface area contributed by atoms with E-state index in [9.17, 15) is 18.0 Å². The molecule has 1 saturated carbocycles. The van der Waals surface area contributed by atoms with Crippen LogP contribution in [0.2, 0.25) is 0 Å². The van der Waals surface area contributed by atoms with Gasteiger partial charge in [0.15, 0.2) is 21.1 Å². The van der Waals surface area contributed by atoms with Gasteiger partial charge in [0.25, 0.3) is 5.91 Å². The molecular weight excluding hydrogens is 402 g/mol. The minimum Gasteiger partial charge on any atom is -0.452 e. The molecule has 3 rings (SSSR count). The first-order valence-corrected chi connectivity index (χ1v) is 12.4. The summed E-state index contributed by atoms with van der Waals surface area (Å²) in [5, 5.41) is 2.47. The standard InChI is InChI=1S/C18H27N3O5S2/c1-14(26-16(22)13-20-8-11-28(24,25)12-9-20)17(23)21(18-19-7-10-27-18)15-5-3-2-4-6-15/h7,10,14-15H,2-6,8-9,11-13H2,1H3. The van der Waals surface area contributed by atoms with Gasteiger partial charge in [-0.3, -0.25) is 19.4 Å². The Bertz CT molecular complexity index is 761. The fourth-order valence-corrected chi connectivity index (χ4v) is 5.67. The smallest absolute Gasteiger partial charge is 0.320 e. The van der Waals surface area contributed by atoms with E-state index >= 15 is 0 Å². The first kappa shape index (κ1) is 21.2. The number of esters is 1. The van der Waals surface area contributed by atoms with Crippen molar-refractivity contribution in [2.75, 3.05) is 36.0 Å². The van der Waals surface area contributed by atoms with Crippen LogP contribution in [-0.2, 0) is 24.2 Å². The highest BCUT2D eigenvalue weighted by Gasteiger charge is 2.33. The zero-order valence-corrected chi connectivity index (χ0v) is 17.7. The van der Waals surface area contributed by atoms with Crippen molar-refractivity contribution < 1.29 is 22.7 Å². The number of amides is 1. The number of carbonyl (C=O) groups is 2. The number of nitrogens with zero attached hydrogens (tertiary/aromatic N) is 3. The predicted molar refractivity (Wildman–Crippen MR) is 107 cm³/mol. The van der Waals surface area contributed by atoms with Gasteiger partial charge in [0.1, 0.15) is 0 Å². The maximum Gasteiger partial charge on any atom is 0.320 e. The summed E-state index contributed by atoms with van der Waals surface area (Å²) in [5.41, 5.74) is 0. The van der Waals surface area contributed by atoms with E-state index < -0.39 is 21.9 Å². The summed E-state index contributed by atoms with van der Waals surface area (Å²) < 4.78 is 28.4. The molecule has 1 aliphatic carbocycles. The second-order valence-corrected chi connectivity index (χ2v) is 10.6. The van der Waals surface area contributed by atoms with Crippen LogP contribution < -0.4 is 4.90 Å². The van der Waals surface area contributed by atoms with Crippen LogP contribution >= 0.6 is 11.3 Å². The number of rotatable bonds is 6. The number of anilines is 1. The first-order valence-electron chi connectivity index (χ1n) is 9.70. The Morgan fingerprint density at radius 3 is 2.57 bits per heavy atom. The number of aromatic nitrogens is 1. The zero-order chi connectivity index (χ0) is 20.1. The van der Waals surface area contributed by atoms with Crippen LogP contribution in [-0.4, -0.2) is 73.5 Å². The molecule has 10 heteroatoms. The summed E-state index contributed by atoms with van der Waals surface area (Å²) in [5.74, 6) is -0.665. The molecule has 28 heavy (non-hydrogen) atoms. The minimum atomic E-state index is -3.00. The third kappa shape index (κ3) is 5.51. The molecule has 156 valence electrons. The molecule has 0 spiro atoms. The van der Waals surface area contributed by atoms with Crippen LogP contribution in [0.5, 0.6) is 0 Å².